The third-order valence-electron chi connectivity index (χ3n) is 6.63. The van der Waals surface area contributed by atoms with Gasteiger partial charge in [-0.05, 0) is 31.4 Å². The molecule has 0 aliphatic carbocycles. The Morgan fingerprint density at radius 2 is 1.65 bits per heavy atom. The molecule has 0 N–H and O–H groups in total. The van der Waals surface area contributed by atoms with Gasteiger partial charge in [-0.15, -0.1) is 0 Å². The highest BCUT2D eigenvalue weighted by molar-refractivity contribution is 7.22. The van der Waals surface area contributed by atoms with Crippen LogP contribution in [0.4, 0.5) is 10.8 Å². The van der Waals surface area contributed by atoms with Crippen molar-refractivity contribution in [1.82, 2.24) is 19.0 Å². The highest BCUT2D eigenvalue weighted by Crippen LogP contribution is 2.28. The molecule has 2 aromatic heterocycles. The maximum Gasteiger partial charge on any atom is 0.333 e. The van der Waals surface area contributed by atoms with E-state index in [0.717, 1.165) is 49.8 Å². The van der Waals surface area contributed by atoms with Gasteiger partial charge >= 0.3 is 5.69 Å². The lowest BCUT2D eigenvalue weighted by Gasteiger charge is -2.36. The van der Waals surface area contributed by atoms with E-state index in [4.69, 9.17) is 0 Å². The molecular weight excluding hydrogens is 452 g/mol. The molecule has 0 saturated carbocycles. The lowest BCUT2D eigenvalue weighted by Crippen LogP contribution is -2.50. The average molecular weight is 483 g/mol. The summed E-state index contributed by atoms with van der Waals surface area (Å²) < 4.78 is 3.13. The summed E-state index contributed by atoms with van der Waals surface area (Å²) in [6, 6.07) is 10.2. The van der Waals surface area contributed by atoms with Gasteiger partial charge in [0, 0.05) is 51.5 Å². The van der Waals surface area contributed by atoms with Crippen molar-refractivity contribution in [2.75, 3.05) is 49.1 Å². The number of carbonyl (C=O) groups excluding carboxylic acids is 1. The van der Waals surface area contributed by atoms with Crippen LogP contribution < -0.4 is 21.0 Å². The van der Waals surface area contributed by atoms with Gasteiger partial charge in [-0.2, -0.15) is 0 Å². The van der Waals surface area contributed by atoms with Crippen LogP contribution in [0, 0.1) is 0 Å². The second-order valence-corrected chi connectivity index (χ2v) is 9.85. The monoisotopic (exact) mass is 482 g/mol. The summed E-state index contributed by atoms with van der Waals surface area (Å²) >= 11 is 1.33. The molecule has 180 valence electrons. The van der Waals surface area contributed by atoms with Crippen LogP contribution in [0.5, 0.6) is 0 Å². The van der Waals surface area contributed by atoms with Gasteiger partial charge in [0.15, 0.2) is 10.8 Å². The molecule has 2 aliphatic rings. The molecule has 0 spiro atoms. The van der Waals surface area contributed by atoms with Crippen LogP contribution in [0.25, 0.3) is 10.3 Å². The zero-order valence-electron chi connectivity index (χ0n) is 19.5. The van der Waals surface area contributed by atoms with Crippen molar-refractivity contribution in [3.8, 4) is 0 Å². The quantitative estimate of drug-likeness (QED) is 0.534. The number of para-hydroxylation sites is 1. The number of amides is 1. The maximum absolute atomic E-state index is 13.3. The number of benzene rings is 1. The summed E-state index contributed by atoms with van der Waals surface area (Å²) in [6.07, 6.45) is 2.85. The van der Waals surface area contributed by atoms with Crippen molar-refractivity contribution in [2.45, 2.75) is 39.3 Å². The summed E-state index contributed by atoms with van der Waals surface area (Å²) in [6.45, 7) is 6.63. The van der Waals surface area contributed by atoms with Crippen molar-refractivity contribution in [2.24, 2.45) is 0 Å². The number of fused-ring (bicyclic) bond motifs is 1. The first-order valence-corrected chi connectivity index (χ1v) is 12.9. The number of thiazole rings is 1. The number of hydrogen-bond acceptors (Lipinski definition) is 7. The fourth-order valence-corrected chi connectivity index (χ4v) is 5.84. The Labute approximate surface area is 201 Å². The molecule has 9 nitrogen and oxygen atoms in total. The van der Waals surface area contributed by atoms with Gasteiger partial charge in [-0.1, -0.05) is 36.5 Å². The van der Waals surface area contributed by atoms with E-state index in [1.807, 2.05) is 25.1 Å². The van der Waals surface area contributed by atoms with Crippen LogP contribution in [-0.2, 0) is 17.9 Å². The van der Waals surface area contributed by atoms with Crippen LogP contribution >= 0.6 is 11.3 Å². The van der Waals surface area contributed by atoms with E-state index in [2.05, 4.69) is 26.9 Å². The molecule has 2 fully saturated rings. The zero-order chi connectivity index (χ0) is 23.7. The Bertz CT molecular complexity index is 1280. The fourth-order valence-electron chi connectivity index (χ4n) is 4.76. The first kappa shape index (κ1) is 22.6. The number of nitrogens with zero attached hydrogens (tertiary/aromatic N) is 6. The van der Waals surface area contributed by atoms with Crippen LogP contribution in [0.2, 0.25) is 0 Å². The van der Waals surface area contributed by atoms with Crippen LogP contribution in [0.3, 0.4) is 0 Å². The standard InChI is InChI=1S/C24H30N6O3S/c1-2-10-29-22(32)20-21(25-23(34-20)28-11-6-7-12-28)30(24(29)33)17-19(31)27-15-13-26(14-16-27)18-8-4-3-5-9-18/h3-5,8-9H,2,6-7,10-17H2,1H3. The van der Waals surface area contributed by atoms with Gasteiger partial charge in [0.1, 0.15) is 11.2 Å². The smallest absolute Gasteiger partial charge is 0.333 e. The molecule has 2 saturated heterocycles. The predicted octanol–water partition coefficient (Wildman–Crippen LogP) is 1.98. The SMILES string of the molecule is CCCn1c(=O)c2sc(N3CCCC3)nc2n(CC(=O)N2CCN(c3ccccc3)CC2)c1=O. The number of carbonyl (C=O) groups is 1. The highest BCUT2D eigenvalue weighted by atomic mass is 32.1. The van der Waals surface area contributed by atoms with E-state index < -0.39 is 5.69 Å². The van der Waals surface area contributed by atoms with Gasteiger partial charge in [0.05, 0.1) is 0 Å². The van der Waals surface area contributed by atoms with Gasteiger partial charge in [-0.3, -0.25) is 18.7 Å². The van der Waals surface area contributed by atoms with Crippen LogP contribution in [0.1, 0.15) is 26.2 Å². The summed E-state index contributed by atoms with van der Waals surface area (Å²) in [5.74, 6) is -0.117. The lowest BCUT2D eigenvalue weighted by atomic mass is 10.2. The van der Waals surface area contributed by atoms with E-state index in [1.54, 1.807) is 4.90 Å². The first-order valence-electron chi connectivity index (χ1n) is 12.0. The molecule has 2 aliphatic heterocycles. The largest absolute Gasteiger partial charge is 0.368 e. The molecule has 0 bridgehead atoms. The molecule has 10 heteroatoms. The Morgan fingerprint density at radius 3 is 2.32 bits per heavy atom. The molecule has 0 unspecified atom stereocenters. The minimum absolute atomic E-state index is 0.103. The number of anilines is 2. The van der Waals surface area contributed by atoms with Crippen LogP contribution in [0.15, 0.2) is 39.9 Å². The van der Waals surface area contributed by atoms with Gasteiger partial charge < -0.3 is 14.7 Å². The van der Waals surface area contributed by atoms with Crippen LogP contribution in [-0.4, -0.2) is 64.2 Å². The van der Waals surface area contributed by atoms with Crippen molar-refractivity contribution < 1.29 is 4.79 Å². The van der Waals surface area contributed by atoms with E-state index in [-0.39, 0.29) is 18.0 Å². The molecule has 0 atom stereocenters. The van der Waals surface area contributed by atoms with Crippen molar-refractivity contribution in [3.63, 3.8) is 0 Å². The Morgan fingerprint density at radius 1 is 0.941 bits per heavy atom. The highest BCUT2D eigenvalue weighted by Gasteiger charge is 2.26. The number of piperazine rings is 1. The molecular formula is C24H30N6O3S. The summed E-state index contributed by atoms with van der Waals surface area (Å²) in [7, 11) is 0. The zero-order valence-corrected chi connectivity index (χ0v) is 20.3. The number of rotatable bonds is 6. The summed E-state index contributed by atoms with van der Waals surface area (Å²) in [5.41, 5.74) is 0.737. The minimum Gasteiger partial charge on any atom is -0.368 e. The van der Waals surface area contributed by atoms with E-state index in [0.29, 0.717) is 36.4 Å². The topological polar surface area (TPSA) is 83.7 Å². The Balaban J connectivity index is 1.41. The maximum atomic E-state index is 13.3. The van der Waals surface area contributed by atoms with E-state index in [1.165, 1.54) is 20.5 Å². The van der Waals surface area contributed by atoms with E-state index in [9.17, 15) is 14.4 Å². The van der Waals surface area contributed by atoms with E-state index >= 15 is 0 Å². The predicted molar refractivity (Wildman–Crippen MR) is 135 cm³/mol. The third-order valence-corrected chi connectivity index (χ3v) is 7.72. The van der Waals surface area contributed by atoms with Crippen molar-refractivity contribution >= 4 is 38.4 Å². The molecule has 4 heterocycles. The third kappa shape index (κ3) is 4.22. The average Bonchev–Trinajstić information content (AvgIpc) is 3.55. The van der Waals surface area contributed by atoms with Gasteiger partial charge in [-0.25, -0.2) is 9.78 Å². The fraction of sp³-hybridized carbons (Fsp3) is 0.500. The second-order valence-electron chi connectivity index (χ2n) is 8.87. The number of hydrogen-bond donors (Lipinski definition) is 0. The molecule has 1 amide bonds. The van der Waals surface area contributed by atoms with Crippen molar-refractivity contribution in [3.05, 3.63) is 51.2 Å². The van der Waals surface area contributed by atoms with Gasteiger partial charge in [0.2, 0.25) is 5.91 Å². The minimum atomic E-state index is -0.450. The molecule has 34 heavy (non-hydrogen) atoms. The Kier molecular flexibility index (Phi) is 6.40. The molecule has 5 rings (SSSR count). The summed E-state index contributed by atoms with van der Waals surface area (Å²) in [4.78, 5) is 50.5. The van der Waals surface area contributed by atoms with Crippen molar-refractivity contribution in [1.29, 1.82) is 0 Å². The first-order chi connectivity index (χ1) is 16.6. The molecule has 0 radical (unpaired) electrons. The molecule has 3 aromatic rings. The molecule has 1 aromatic carbocycles. The lowest BCUT2D eigenvalue weighted by molar-refractivity contribution is -0.132. The normalized spacial score (nSPS) is 16.6. The van der Waals surface area contributed by atoms with Gasteiger partial charge in [0.25, 0.3) is 5.56 Å². The summed E-state index contributed by atoms with van der Waals surface area (Å²) in [5, 5.41) is 0.760. The Hall–Kier alpha value is -3.14. The second kappa shape index (κ2) is 9.61. The number of aromatic nitrogens is 3.